The van der Waals surface area contributed by atoms with Crippen LogP contribution in [0.1, 0.15) is 50.2 Å². The summed E-state index contributed by atoms with van der Waals surface area (Å²) in [6.45, 7) is 2.97. The predicted molar refractivity (Wildman–Crippen MR) is 104 cm³/mol. The Balaban J connectivity index is 1.50. The van der Waals surface area contributed by atoms with Crippen LogP contribution in [0.2, 0.25) is 0 Å². The summed E-state index contributed by atoms with van der Waals surface area (Å²) in [5, 5.41) is 0.410. The van der Waals surface area contributed by atoms with Gasteiger partial charge < -0.3 is 4.84 Å². The molecule has 0 radical (unpaired) electrons. The summed E-state index contributed by atoms with van der Waals surface area (Å²) in [6.07, 6.45) is 1.58. The van der Waals surface area contributed by atoms with E-state index in [1.165, 1.54) is 28.6 Å². The summed E-state index contributed by atoms with van der Waals surface area (Å²) in [4.78, 5) is 42.0. The first kappa shape index (κ1) is 19.7. The van der Waals surface area contributed by atoms with Crippen LogP contribution in [0.5, 0.6) is 0 Å². The number of hydrogen-bond acceptors (Lipinski definition) is 7. The highest BCUT2D eigenvalue weighted by atomic mass is 32.2. The fourth-order valence-electron chi connectivity index (χ4n) is 3.30. The van der Waals surface area contributed by atoms with E-state index >= 15 is 0 Å². The number of carbonyl (C=O) groups is 3. The minimum Gasteiger partial charge on any atom is -0.323 e. The number of imide groups is 1. The molecular formula is C19H18N2O6S2. The number of piperidine rings is 1. The van der Waals surface area contributed by atoms with E-state index in [2.05, 4.69) is 6.92 Å². The molecule has 1 fully saturated rings. The predicted octanol–water partition coefficient (Wildman–Crippen LogP) is 2.54. The second-order valence-electron chi connectivity index (χ2n) is 7.03. The molecule has 0 N–H and O–H groups in total. The van der Waals surface area contributed by atoms with Gasteiger partial charge >= 0.3 is 5.97 Å². The highest BCUT2D eigenvalue weighted by molar-refractivity contribution is 7.91. The van der Waals surface area contributed by atoms with Crippen molar-refractivity contribution in [1.82, 2.24) is 9.37 Å². The minimum absolute atomic E-state index is 0.00879. The van der Waals surface area contributed by atoms with Crippen LogP contribution in [0.4, 0.5) is 0 Å². The number of nitrogens with zero attached hydrogens (tertiary/aromatic N) is 2. The third-order valence-electron chi connectivity index (χ3n) is 5.05. The molecule has 0 atom stereocenters. The molecule has 2 aliphatic heterocycles. The van der Waals surface area contributed by atoms with Gasteiger partial charge in [0.2, 0.25) is 0 Å². The molecule has 29 heavy (non-hydrogen) atoms. The molecule has 0 aliphatic carbocycles. The lowest BCUT2D eigenvalue weighted by Crippen LogP contribution is -2.37. The van der Waals surface area contributed by atoms with E-state index < -0.39 is 27.8 Å². The van der Waals surface area contributed by atoms with Crippen molar-refractivity contribution in [3.05, 3.63) is 52.4 Å². The number of hydrogen-bond donors (Lipinski definition) is 0. The summed E-state index contributed by atoms with van der Waals surface area (Å²) in [5.41, 5.74) is 0.304. The molecule has 1 aromatic carbocycles. The van der Waals surface area contributed by atoms with E-state index in [-0.39, 0.29) is 20.2 Å². The van der Waals surface area contributed by atoms with Crippen LogP contribution in [0.25, 0.3) is 0 Å². The van der Waals surface area contributed by atoms with Crippen molar-refractivity contribution < 1.29 is 27.6 Å². The van der Waals surface area contributed by atoms with Crippen molar-refractivity contribution in [2.75, 3.05) is 13.1 Å². The van der Waals surface area contributed by atoms with Crippen LogP contribution < -0.4 is 0 Å². The average molecular weight is 434 g/mol. The molecule has 1 saturated heterocycles. The molecule has 4 rings (SSSR count). The molecule has 2 aromatic rings. The molecule has 2 amide bonds. The van der Waals surface area contributed by atoms with Crippen molar-refractivity contribution in [2.24, 2.45) is 5.92 Å². The largest absolute Gasteiger partial charge is 0.373 e. The smallest absolute Gasteiger partial charge is 0.323 e. The molecule has 3 heterocycles. The molecule has 1 aromatic heterocycles. The minimum atomic E-state index is -3.69. The summed E-state index contributed by atoms with van der Waals surface area (Å²) in [5.74, 6) is -1.94. The lowest BCUT2D eigenvalue weighted by molar-refractivity contribution is -0.0581. The monoisotopic (exact) mass is 434 g/mol. The number of benzene rings is 1. The maximum atomic E-state index is 12.8. The molecule has 0 bridgehead atoms. The van der Waals surface area contributed by atoms with Gasteiger partial charge in [-0.2, -0.15) is 4.31 Å². The molecular weight excluding hydrogens is 416 g/mol. The number of amides is 2. The van der Waals surface area contributed by atoms with E-state index in [1.807, 2.05) is 0 Å². The molecule has 2 aliphatic rings. The van der Waals surface area contributed by atoms with Gasteiger partial charge in [-0.25, -0.2) is 13.2 Å². The zero-order valence-corrected chi connectivity index (χ0v) is 17.2. The fourth-order valence-corrected chi connectivity index (χ4v) is 6.10. The van der Waals surface area contributed by atoms with Crippen LogP contribution in [0, 0.1) is 5.92 Å². The number of fused-ring (bicyclic) bond motifs is 1. The van der Waals surface area contributed by atoms with Gasteiger partial charge in [-0.05, 0) is 43.0 Å². The second kappa shape index (κ2) is 7.36. The quantitative estimate of drug-likeness (QED) is 0.686. The topological polar surface area (TPSA) is 101 Å². The van der Waals surface area contributed by atoms with E-state index in [4.69, 9.17) is 4.84 Å². The number of hydroxylamine groups is 2. The lowest BCUT2D eigenvalue weighted by atomic mass is 10.0. The Morgan fingerprint density at radius 1 is 1.03 bits per heavy atom. The fraction of sp³-hybridized carbons (Fsp3) is 0.316. The van der Waals surface area contributed by atoms with Gasteiger partial charge in [0.05, 0.1) is 11.1 Å². The van der Waals surface area contributed by atoms with Crippen LogP contribution >= 0.6 is 11.3 Å². The zero-order valence-electron chi connectivity index (χ0n) is 15.5. The van der Waals surface area contributed by atoms with E-state index in [0.29, 0.717) is 24.1 Å². The number of carbonyl (C=O) groups excluding carboxylic acids is 3. The Morgan fingerprint density at radius 3 is 2.21 bits per heavy atom. The maximum absolute atomic E-state index is 12.8. The van der Waals surface area contributed by atoms with Crippen LogP contribution in [0.3, 0.4) is 0 Å². The Morgan fingerprint density at radius 2 is 1.62 bits per heavy atom. The molecule has 0 saturated carbocycles. The number of thiophene rings is 1. The van der Waals surface area contributed by atoms with Crippen LogP contribution in [-0.2, 0) is 14.9 Å². The third-order valence-corrected chi connectivity index (χ3v) is 8.48. The van der Waals surface area contributed by atoms with Gasteiger partial charge in [0.25, 0.3) is 21.8 Å². The summed E-state index contributed by atoms with van der Waals surface area (Å²) in [6, 6.07) is 8.82. The Labute approximate surface area is 171 Å². The van der Waals surface area contributed by atoms with Gasteiger partial charge in [0, 0.05) is 13.1 Å². The van der Waals surface area contributed by atoms with Gasteiger partial charge in [-0.15, -0.1) is 11.3 Å². The molecule has 0 spiro atoms. The van der Waals surface area contributed by atoms with Gasteiger partial charge in [-0.3, -0.25) is 9.59 Å². The Hall–Kier alpha value is -2.56. The zero-order chi connectivity index (χ0) is 20.8. The number of rotatable bonds is 4. The highest BCUT2D eigenvalue weighted by Gasteiger charge is 2.39. The summed E-state index contributed by atoms with van der Waals surface area (Å²) < 4.78 is 27.0. The van der Waals surface area contributed by atoms with Gasteiger partial charge in [0.1, 0.15) is 9.09 Å². The van der Waals surface area contributed by atoms with E-state index in [1.54, 1.807) is 12.1 Å². The third kappa shape index (κ3) is 3.47. The standard InChI is InChI=1S/C19H18N2O6S2/c1-12-8-10-20(11-9-12)29(25,26)16-7-6-15(28-16)19(24)27-21-17(22)13-4-2-3-5-14(13)18(21)23/h2-7,12H,8-11H2,1H3. The molecule has 0 unspecified atom stereocenters. The van der Waals surface area contributed by atoms with Crippen molar-refractivity contribution in [3.8, 4) is 0 Å². The van der Waals surface area contributed by atoms with E-state index in [0.717, 1.165) is 24.2 Å². The second-order valence-corrected chi connectivity index (χ2v) is 10.3. The van der Waals surface area contributed by atoms with Gasteiger partial charge in [-0.1, -0.05) is 24.1 Å². The molecule has 152 valence electrons. The number of sulfonamides is 1. The average Bonchev–Trinajstić information content (AvgIpc) is 3.30. The first-order chi connectivity index (χ1) is 13.8. The molecule has 8 nitrogen and oxygen atoms in total. The Bertz CT molecular complexity index is 1060. The summed E-state index contributed by atoms with van der Waals surface area (Å²) >= 11 is 0.759. The highest BCUT2D eigenvalue weighted by Crippen LogP contribution is 2.30. The summed E-state index contributed by atoms with van der Waals surface area (Å²) in [7, 11) is -3.69. The lowest BCUT2D eigenvalue weighted by Gasteiger charge is -2.28. The Kier molecular flexibility index (Phi) is 5.01. The maximum Gasteiger partial charge on any atom is 0.373 e. The van der Waals surface area contributed by atoms with Crippen molar-refractivity contribution in [2.45, 2.75) is 24.0 Å². The van der Waals surface area contributed by atoms with Crippen molar-refractivity contribution in [3.63, 3.8) is 0 Å². The molecule has 10 heteroatoms. The van der Waals surface area contributed by atoms with Crippen LogP contribution in [0.15, 0.2) is 40.6 Å². The van der Waals surface area contributed by atoms with Crippen molar-refractivity contribution >= 4 is 39.1 Å². The van der Waals surface area contributed by atoms with Crippen molar-refractivity contribution in [1.29, 1.82) is 0 Å². The normalized spacial score (nSPS) is 18.2. The van der Waals surface area contributed by atoms with Gasteiger partial charge in [0.15, 0.2) is 0 Å². The SMILES string of the molecule is CC1CCN(S(=O)(=O)c2ccc(C(=O)ON3C(=O)c4ccccc4C3=O)s2)CC1. The van der Waals surface area contributed by atoms with E-state index in [9.17, 15) is 22.8 Å². The van der Waals surface area contributed by atoms with Crippen LogP contribution in [-0.4, -0.2) is 48.7 Å². The first-order valence-corrected chi connectivity index (χ1v) is 11.3. The first-order valence-electron chi connectivity index (χ1n) is 9.09.